The van der Waals surface area contributed by atoms with Crippen molar-refractivity contribution in [3.63, 3.8) is 0 Å². The predicted molar refractivity (Wildman–Crippen MR) is 190 cm³/mol. The van der Waals surface area contributed by atoms with Crippen molar-refractivity contribution in [3.8, 4) is 0 Å². The molecule has 0 aliphatic carbocycles. The Balaban J connectivity index is 0.934. The van der Waals surface area contributed by atoms with Gasteiger partial charge in [-0.15, -0.1) is 0 Å². The summed E-state index contributed by atoms with van der Waals surface area (Å²) in [5.41, 5.74) is 2.54. The number of hydrogen-bond acceptors (Lipinski definition) is 6. The number of para-hydroxylation sites is 3. The number of aromatic amines is 1. The van der Waals surface area contributed by atoms with Crippen LogP contribution in [0.4, 0.5) is 15.3 Å². The van der Waals surface area contributed by atoms with Crippen LogP contribution < -0.4 is 21.2 Å². The van der Waals surface area contributed by atoms with E-state index in [1.807, 2.05) is 89.8 Å². The van der Waals surface area contributed by atoms with Gasteiger partial charge in [0.15, 0.2) is 0 Å². The van der Waals surface area contributed by atoms with Gasteiger partial charge in [0.2, 0.25) is 5.91 Å². The number of carbonyl (C=O) groups is 4. The van der Waals surface area contributed by atoms with E-state index in [4.69, 9.17) is 0 Å². The fraction of sp³-hybridized carbons (Fsp3) is 0.378. The molecule has 266 valence electrons. The van der Waals surface area contributed by atoms with Crippen molar-refractivity contribution >= 4 is 40.7 Å². The molecular weight excluding hydrogens is 652 g/mol. The normalized spacial score (nSPS) is 18.3. The number of hydrogen-bond donors (Lipinski definition) is 4. The van der Waals surface area contributed by atoms with Gasteiger partial charge in [-0.3, -0.25) is 9.36 Å². The number of urea groups is 2. The molecule has 4 heterocycles. The Hall–Kier alpha value is -5.79. The fourth-order valence-electron chi connectivity index (χ4n) is 7.71. The number of rotatable bonds is 8. The maximum Gasteiger partial charge on any atom is 0.328 e. The number of nitrogens with zero attached hydrogens (tertiary/aromatic N) is 5. The van der Waals surface area contributed by atoms with E-state index >= 15 is 0 Å². The van der Waals surface area contributed by atoms with Gasteiger partial charge in [-0.05, 0) is 55.5 Å². The molecule has 3 fully saturated rings. The molecule has 1 aromatic heterocycles. The van der Waals surface area contributed by atoms with Crippen LogP contribution in [-0.2, 0) is 16.1 Å². The van der Waals surface area contributed by atoms with Gasteiger partial charge in [0, 0.05) is 44.5 Å². The lowest BCUT2D eigenvalue weighted by molar-refractivity contribution is -0.139. The van der Waals surface area contributed by atoms with Crippen molar-refractivity contribution in [1.82, 2.24) is 34.9 Å². The molecular formula is C37H42N8O6. The molecule has 14 heteroatoms. The molecule has 4 aromatic rings. The Labute approximate surface area is 294 Å². The van der Waals surface area contributed by atoms with Crippen molar-refractivity contribution in [1.29, 1.82) is 0 Å². The standard InChI is InChI=1S/C37H42N8O6/c46-32(47)30(40-35(50)41-19-15-28(16-20-41)45-31-14-8-7-13-29(31)39-36(45)51)23-38-34(49)42-21-17-37(18-22-42)33(48)43(24-26-9-3-1-4-10-26)25-44(37)27-11-5-2-6-12-27/h1-14,28,30H,15-25H2,(H,38,49)(H,39,51)(H,40,50)(H,46,47)/t30-/m0/s1. The van der Waals surface area contributed by atoms with E-state index in [9.17, 15) is 29.1 Å². The van der Waals surface area contributed by atoms with Crippen molar-refractivity contribution in [2.24, 2.45) is 0 Å². The van der Waals surface area contributed by atoms with Crippen molar-refractivity contribution in [3.05, 3.63) is 101 Å². The van der Waals surface area contributed by atoms with E-state index in [1.165, 1.54) is 4.90 Å². The number of aromatic nitrogens is 2. The Morgan fingerprint density at radius 1 is 0.824 bits per heavy atom. The minimum Gasteiger partial charge on any atom is -0.480 e. The first-order valence-corrected chi connectivity index (χ1v) is 17.4. The topological polar surface area (TPSA) is 163 Å². The fourth-order valence-corrected chi connectivity index (χ4v) is 7.71. The number of amides is 5. The summed E-state index contributed by atoms with van der Waals surface area (Å²) in [7, 11) is 0. The highest BCUT2D eigenvalue weighted by atomic mass is 16.4. The molecule has 3 aliphatic heterocycles. The van der Waals surface area contributed by atoms with Gasteiger partial charge >= 0.3 is 23.7 Å². The van der Waals surface area contributed by atoms with Crippen LogP contribution in [0.3, 0.4) is 0 Å². The van der Waals surface area contributed by atoms with Crippen molar-refractivity contribution in [2.75, 3.05) is 44.3 Å². The SMILES string of the molecule is O=C(O)[C@H](CNC(=O)N1CCC2(CC1)C(=O)N(Cc1ccccc1)CN2c1ccccc1)NC(=O)N1CCC(n2c(=O)[nH]c3ccccc32)CC1. The summed E-state index contributed by atoms with van der Waals surface area (Å²) in [5, 5.41) is 15.1. The number of carboxylic acid groups (broad SMARTS) is 1. The third-order valence-electron chi connectivity index (χ3n) is 10.5. The molecule has 0 radical (unpaired) electrons. The zero-order valence-electron chi connectivity index (χ0n) is 28.2. The van der Waals surface area contributed by atoms with Gasteiger partial charge in [0.1, 0.15) is 11.6 Å². The minimum absolute atomic E-state index is 0.0291. The van der Waals surface area contributed by atoms with Crippen LogP contribution in [-0.4, -0.2) is 104 Å². The van der Waals surface area contributed by atoms with Crippen LogP contribution in [0.25, 0.3) is 11.0 Å². The van der Waals surface area contributed by atoms with Gasteiger partial charge in [-0.25, -0.2) is 19.2 Å². The number of carboxylic acids is 1. The lowest BCUT2D eigenvalue weighted by Crippen LogP contribution is -2.59. The smallest absolute Gasteiger partial charge is 0.328 e. The third kappa shape index (κ3) is 6.73. The summed E-state index contributed by atoms with van der Waals surface area (Å²) in [4.78, 5) is 75.2. The molecule has 1 atom stereocenters. The molecule has 3 aliphatic rings. The van der Waals surface area contributed by atoms with Gasteiger partial charge in [-0.2, -0.15) is 0 Å². The van der Waals surface area contributed by atoms with Crippen LogP contribution in [0, 0.1) is 0 Å². The summed E-state index contributed by atoms with van der Waals surface area (Å²) >= 11 is 0. The molecule has 0 bridgehead atoms. The molecule has 5 amide bonds. The van der Waals surface area contributed by atoms with E-state index in [-0.39, 0.29) is 24.2 Å². The van der Waals surface area contributed by atoms with Gasteiger partial charge < -0.3 is 40.3 Å². The number of aliphatic carboxylic acids is 1. The Morgan fingerprint density at radius 3 is 2.14 bits per heavy atom. The summed E-state index contributed by atoms with van der Waals surface area (Å²) < 4.78 is 1.73. The summed E-state index contributed by atoms with van der Waals surface area (Å²) in [6.45, 7) is 1.92. The van der Waals surface area contributed by atoms with E-state index in [0.29, 0.717) is 65.1 Å². The summed E-state index contributed by atoms with van der Waals surface area (Å²) in [6, 6.07) is 24.7. The zero-order chi connectivity index (χ0) is 35.5. The van der Waals surface area contributed by atoms with Crippen LogP contribution >= 0.6 is 0 Å². The zero-order valence-corrected chi connectivity index (χ0v) is 28.2. The number of carbonyl (C=O) groups excluding carboxylic acids is 3. The highest BCUT2D eigenvalue weighted by Gasteiger charge is 2.54. The third-order valence-corrected chi connectivity index (χ3v) is 10.5. The number of imidazole rings is 1. The number of piperidine rings is 2. The van der Waals surface area contributed by atoms with Gasteiger partial charge in [-0.1, -0.05) is 60.7 Å². The first-order chi connectivity index (χ1) is 24.7. The molecule has 3 aromatic carbocycles. The number of nitrogens with one attached hydrogen (secondary N) is 3. The van der Waals surface area contributed by atoms with E-state index in [0.717, 1.165) is 22.3 Å². The molecule has 4 N–H and O–H groups in total. The maximum atomic E-state index is 14.1. The van der Waals surface area contributed by atoms with Crippen LogP contribution in [0.5, 0.6) is 0 Å². The van der Waals surface area contributed by atoms with Gasteiger partial charge in [0.05, 0.1) is 24.2 Å². The summed E-state index contributed by atoms with van der Waals surface area (Å²) in [5.74, 6) is -1.24. The molecule has 14 nitrogen and oxygen atoms in total. The molecule has 0 unspecified atom stereocenters. The minimum atomic E-state index is -1.34. The second kappa shape index (κ2) is 14.2. The van der Waals surface area contributed by atoms with E-state index in [1.54, 1.807) is 9.47 Å². The maximum absolute atomic E-state index is 14.1. The average Bonchev–Trinajstić information content (AvgIpc) is 3.63. The number of H-pyrrole nitrogens is 1. The Bertz CT molecular complexity index is 1950. The van der Waals surface area contributed by atoms with E-state index in [2.05, 4.69) is 20.5 Å². The highest BCUT2D eigenvalue weighted by Crippen LogP contribution is 2.40. The lowest BCUT2D eigenvalue weighted by atomic mass is 9.85. The number of anilines is 1. The van der Waals surface area contributed by atoms with Crippen LogP contribution in [0.2, 0.25) is 0 Å². The van der Waals surface area contributed by atoms with Crippen LogP contribution in [0.1, 0.15) is 37.3 Å². The van der Waals surface area contributed by atoms with Crippen molar-refractivity contribution < 1.29 is 24.3 Å². The second-order valence-electron chi connectivity index (χ2n) is 13.5. The van der Waals surface area contributed by atoms with Crippen molar-refractivity contribution in [2.45, 2.75) is 49.9 Å². The molecule has 1 spiro atoms. The van der Waals surface area contributed by atoms with Gasteiger partial charge in [0.25, 0.3) is 0 Å². The second-order valence-corrected chi connectivity index (χ2v) is 13.5. The molecule has 51 heavy (non-hydrogen) atoms. The lowest BCUT2D eigenvalue weighted by Gasteiger charge is -2.43. The Kier molecular flexibility index (Phi) is 9.39. The quantitative estimate of drug-likeness (QED) is 0.220. The predicted octanol–water partition coefficient (Wildman–Crippen LogP) is 3.18. The number of likely N-dealkylation sites (tertiary alicyclic amines) is 2. The van der Waals surface area contributed by atoms with E-state index < -0.39 is 29.6 Å². The summed E-state index contributed by atoms with van der Waals surface area (Å²) in [6.07, 6.45) is 1.90. The average molecular weight is 695 g/mol. The molecule has 7 rings (SSSR count). The Morgan fingerprint density at radius 2 is 1.45 bits per heavy atom. The highest BCUT2D eigenvalue weighted by molar-refractivity contribution is 5.94. The van der Waals surface area contributed by atoms with Crippen LogP contribution in [0.15, 0.2) is 89.7 Å². The monoisotopic (exact) mass is 694 g/mol. The first-order valence-electron chi connectivity index (χ1n) is 17.4. The molecule has 0 saturated carbocycles. The molecule has 3 saturated heterocycles. The largest absolute Gasteiger partial charge is 0.480 e. The number of fused-ring (bicyclic) bond motifs is 1. The number of benzene rings is 3. The first kappa shape index (κ1) is 33.7.